The maximum Gasteiger partial charge on any atom is 0.329 e. The number of hydrogen-bond acceptors (Lipinski definition) is 1. The minimum Gasteiger partial charge on any atom is -0.320 e. The van der Waals surface area contributed by atoms with Gasteiger partial charge in [0.25, 0.3) is 0 Å². The third-order valence-electron chi connectivity index (χ3n) is 5.42. The zero-order valence-electron chi connectivity index (χ0n) is 18.2. The summed E-state index contributed by atoms with van der Waals surface area (Å²) in [6.07, 6.45) is 1.93. The second kappa shape index (κ2) is 10.7. The summed E-state index contributed by atoms with van der Waals surface area (Å²) in [6.45, 7) is 7.21. The molecule has 5 heteroatoms. The number of carbonyl (C=O) groups excluding carboxylic acids is 1. The van der Waals surface area contributed by atoms with Crippen molar-refractivity contribution in [2.45, 2.75) is 40.2 Å². The molecule has 0 fully saturated rings. The fraction of sp³-hybridized carbons (Fsp3) is 0.269. The lowest BCUT2D eigenvalue weighted by atomic mass is 10.1. The zero-order chi connectivity index (χ0) is 22.4. The maximum absolute atomic E-state index is 14.0. The summed E-state index contributed by atoms with van der Waals surface area (Å²) in [5.41, 5.74) is 4.33. The Kier molecular flexibility index (Phi) is 8.00. The van der Waals surface area contributed by atoms with E-state index in [9.17, 15) is 4.79 Å². The molecular formula is C26H28Cl2N2O. The Morgan fingerprint density at radius 3 is 1.87 bits per heavy atom. The molecule has 3 rings (SSSR count). The van der Waals surface area contributed by atoms with Crippen LogP contribution in [0.4, 0.5) is 16.2 Å². The first kappa shape index (κ1) is 23.2. The number of halogens is 2. The highest BCUT2D eigenvalue weighted by Crippen LogP contribution is 2.37. The molecule has 0 aliphatic rings. The molecule has 2 amide bonds. The smallest absolute Gasteiger partial charge is 0.320 e. The predicted octanol–water partition coefficient (Wildman–Crippen LogP) is 8.17. The molecule has 162 valence electrons. The fourth-order valence-corrected chi connectivity index (χ4v) is 3.89. The molecule has 0 atom stereocenters. The second-order valence-electron chi connectivity index (χ2n) is 7.65. The molecule has 0 unspecified atom stereocenters. The summed E-state index contributed by atoms with van der Waals surface area (Å²) in [5, 5.41) is 1.25. The Balaban J connectivity index is 2.10. The first-order valence-corrected chi connectivity index (χ1v) is 11.3. The average Bonchev–Trinajstić information content (AvgIpc) is 2.77. The fourth-order valence-electron chi connectivity index (χ4n) is 3.55. The van der Waals surface area contributed by atoms with Crippen LogP contribution in [0.1, 0.15) is 36.5 Å². The van der Waals surface area contributed by atoms with Gasteiger partial charge in [-0.05, 0) is 61.2 Å². The average molecular weight is 455 g/mol. The third-order valence-corrected chi connectivity index (χ3v) is 6.24. The van der Waals surface area contributed by atoms with Gasteiger partial charge < -0.3 is 4.90 Å². The quantitative estimate of drug-likeness (QED) is 0.352. The van der Waals surface area contributed by atoms with Gasteiger partial charge in [-0.25, -0.2) is 4.79 Å². The number of unbranched alkanes of at least 4 members (excludes halogenated alkanes) is 1. The van der Waals surface area contributed by atoms with Gasteiger partial charge in [0, 0.05) is 23.1 Å². The van der Waals surface area contributed by atoms with E-state index in [2.05, 4.69) is 6.92 Å². The first-order valence-electron chi connectivity index (χ1n) is 10.6. The van der Waals surface area contributed by atoms with Crippen molar-refractivity contribution in [3.8, 4) is 0 Å². The van der Waals surface area contributed by atoms with Gasteiger partial charge in [-0.15, -0.1) is 0 Å². The standard InChI is InChI=1S/C26H28Cl2N2O/c1-4-5-17-29(18-21-11-7-6-8-12-21)26(31)30(24-15-9-13-22(27)19(24)2)25-16-10-14-23(28)20(25)3/h6-16H,4-5,17-18H2,1-3H3. The number of rotatable bonds is 7. The van der Waals surface area contributed by atoms with Gasteiger partial charge in [0.2, 0.25) is 0 Å². The molecule has 0 saturated carbocycles. The largest absolute Gasteiger partial charge is 0.329 e. The minimum atomic E-state index is -0.0898. The van der Waals surface area contributed by atoms with Crippen molar-refractivity contribution in [2.24, 2.45) is 0 Å². The highest BCUT2D eigenvalue weighted by atomic mass is 35.5. The number of anilines is 2. The van der Waals surface area contributed by atoms with Gasteiger partial charge in [-0.2, -0.15) is 0 Å². The highest BCUT2D eigenvalue weighted by Gasteiger charge is 2.27. The van der Waals surface area contributed by atoms with Crippen LogP contribution in [0.5, 0.6) is 0 Å². The van der Waals surface area contributed by atoms with Crippen LogP contribution < -0.4 is 4.90 Å². The molecule has 3 aromatic rings. The van der Waals surface area contributed by atoms with Crippen molar-refractivity contribution in [1.29, 1.82) is 0 Å². The lowest BCUT2D eigenvalue weighted by Crippen LogP contribution is -2.41. The number of urea groups is 1. The SMILES string of the molecule is CCCCN(Cc1ccccc1)C(=O)N(c1cccc(Cl)c1C)c1cccc(Cl)c1C. The van der Waals surface area contributed by atoms with Crippen LogP contribution >= 0.6 is 23.2 Å². The van der Waals surface area contributed by atoms with Crippen LogP contribution in [0.25, 0.3) is 0 Å². The summed E-state index contributed by atoms with van der Waals surface area (Å²) >= 11 is 12.9. The molecule has 0 heterocycles. The maximum atomic E-state index is 14.0. The van der Waals surface area contributed by atoms with Crippen LogP contribution in [-0.2, 0) is 6.54 Å². The van der Waals surface area contributed by atoms with Crippen LogP contribution in [0.15, 0.2) is 66.7 Å². The van der Waals surface area contributed by atoms with E-state index in [1.165, 1.54) is 0 Å². The van der Waals surface area contributed by atoms with E-state index >= 15 is 0 Å². The molecule has 3 nitrogen and oxygen atoms in total. The van der Waals surface area contributed by atoms with Gasteiger partial charge in [0.1, 0.15) is 0 Å². The van der Waals surface area contributed by atoms with Gasteiger partial charge in [0.05, 0.1) is 11.4 Å². The molecule has 0 N–H and O–H groups in total. The molecule has 3 aromatic carbocycles. The molecule has 0 radical (unpaired) electrons. The Labute approximate surface area is 195 Å². The summed E-state index contributed by atoms with van der Waals surface area (Å²) < 4.78 is 0. The highest BCUT2D eigenvalue weighted by molar-refractivity contribution is 6.32. The molecule has 31 heavy (non-hydrogen) atoms. The van der Waals surface area contributed by atoms with Crippen molar-refractivity contribution in [2.75, 3.05) is 11.4 Å². The molecule has 0 aliphatic heterocycles. The predicted molar refractivity (Wildman–Crippen MR) is 132 cm³/mol. The third kappa shape index (κ3) is 5.41. The van der Waals surface area contributed by atoms with Crippen molar-refractivity contribution in [3.63, 3.8) is 0 Å². The Morgan fingerprint density at radius 1 is 0.806 bits per heavy atom. The van der Waals surface area contributed by atoms with Crippen molar-refractivity contribution < 1.29 is 4.79 Å². The van der Waals surface area contributed by atoms with Gasteiger partial charge in [-0.3, -0.25) is 4.90 Å². The van der Waals surface area contributed by atoms with Crippen molar-refractivity contribution in [1.82, 2.24) is 4.90 Å². The van der Waals surface area contributed by atoms with E-state index in [1.54, 1.807) is 4.90 Å². The van der Waals surface area contributed by atoms with Gasteiger partial charge in [0.15, 0.2) is 0 Å². The zero-order valence-corrected chi connectivity index (χ0v) is 19.7. The monoisotopic (exact) mass is 454 g/mol. The normalized spacial score (nSPS) is 10.7. The number of benzene rings is 3. The van der Waals surface area contributed by atoms with E-state index in [0.717, 1.165) is 40.9 Å². The van der Waals surface area contributed by atoms with E-state index in [1.807, 2.05) is 85.5 Å². The van der Waals surface area contributed by atoms with Crippen LogP contribution in [0.2, 0.25) is 10.0 Å². The first-order chi connectivity index (χ1) is 14.9. The molecule has 0 saturated heterocycles. The van der Waals surface area contributed by atoms with Crippen LogP contribution in [0.3, 0.4) is 0 Å². The van der Waals surface area contributed by atoms with Crippen LogP contribution in [-0.4, -0.2) is 17.5 Å². The second-order valence-corrected chi connectivity index (χ2v) is 8.46. The topological polar surface area (TPSA) is 23.6 Å². The lowest BCUT2D eigenvalue weighted by Gasteiger charge is -2.33. The molecule has 0 aliphatic carbocycles. The van der Waals surface area contributed by atoms with Crippen LogP contribution in [0, 0.1) is 13.8 Å². The van der Waals surface area contributed by atoms with Crippen molar-refractivity contribution >= 4 is 40.6 Å². The summed E-state index contributed by atoms with van der Waals surface area (Å²) in [6, 6.07) is 21.3. The lowest BCUT2D eigenvalue weighted by molar-refractivity contribution is 0.203. The molecule has 0 spiro atoms. The van der Waals surface area contributed by atoms with E-state index in [0.29, 0.717) is 23.1 Å². The number of hydrogen-bond donors (Lipinski definition) is 0. The summed E-state index contributed by atoms with van der Waals surface area (Å²) in [5.74, 6) is 0. The van der Waals surface area contributed by atoms with Gasteiger partial charge >= 0.3 is 6.03 Å². The molecular weight excluding hydrogens is 427 g/mol. The van der Waals surface area contributed by atoms with E-state index in [-0.39, 0.29) is 6.03 Å². The summed E-state index contributed by atoms with van der Waals surface area (Å²) in [4.78, 5) is 17.7. The van der Waals surface area contributed by atoms with Crippen molar-refractivity contribution in [3.05, 3.63) is 93.5 Å². The summed E-state index contributed by atoms with van der Waals surface area (Å²) in [7, 11) is 0. The number of carbonyl (C=O) groups is 1. The Morgan fingerprint density at radius 2 is 1.35 bits per heavy atom. The minimum absolute atomic E-state index is 0.0898. The van der Waals surface area contributed by atoms with E-state index in [4.69, 9.17) is 23.2 Å². The van der Waals surface area contributed by atoms with E-state index < -0.39 is 0 Å². The Bertz CT molecular complexity index is 985. The molecule has 0 bridgehead atoms. The Hall–Kier alpha value is -2.49. The van der Waals surface area contributed by atoms with Gasteiger partial charge in [-0.1, -0.05) is 79.0 Å². The molecule has 0 aromatic heterocycles. The number of amides is 2. The number of nitrogens with zero attached hydrogens (tertiary/aromatic N) is 2.